The Bertz CT molecular complexity index is 542. The molecule has 0 bridgehead atoms. The minimum Gasteiger partial charge on any atom is -0.355 e. The predicted molar refractivity (Wildman–Crippen MR) is 96.6 cm³/mol. The van der Waals surface area contributed by atoms with Crippen molar-refractivity contribution in [3.05, 3.63) is 35.9 Å². The Morgan fingerprint density at radius 1 is 1.25 bits per heavy atom. The van der Waals surface area contributed by atoms with Crippen molar-refractivity contribution in [1.82, 2.24) is 10.2 Å². The first-order valence-electron chi connectivity index (χ1n) is 9.14. The summed E-state index contributed by atoms with van der Waals surface area (Å²) in [6.45, 7) is 7.98. The van der Waals surface area contributed by atoms with Crippen molar-refractivity contribution in [2.45, 2.75) is 46.0 Å². The molecule has 0 saturated carbocycles. The zero-order valence-corrected chi connectivity index (χ0v) is 15.1. The summed E-state index contributed by atoms with van der Waals surface area (Å²) in [6.07, 6.45) is 2.77. The molecule has 0 aliphatic carbocycles. The fraction of sp³-hybridized carbons (Fsp3) is 0.600. The zero-order chi connectivity index (χ0) is 17.5. The summed E-state index contributed by atoms with van der Waals surface area (Å²) >= 11 is 0. The molecular formula is C20H30N2O2. The Morgan fingerprint density at radius 2 is 1.96 bits per heavy atom. The minimum atomic E-state index is -0.0743. The topological polar surface area (TPSA) is 49.4 Å². The van der Waals surface area contributed by atoms with Crippen LogP contribution in [0.2, 0.25) is 0 Å². The lowest BCUT2D eigenvalue weighted by atomic mass is 9.94. The number of piperidine rings is 1. The van der Waals surface area contributed by atoms with Crippen molar-refractivity contribution in [3.63, 3.8) is 0 Å². The smallest absolute Gasteiger partial charge is 0.225 e. The molecule has 1 N–H and O–H groups in total. The Morgan fingerprint density at radius 3 is 2.58 bits per heavy atom. The SMILES string of the molecule is CC[C@H](CNC(=O)[C@H]1CCCN(C(=O)C(C)C)C1)c1ccccc1. The fourth-order valence-electron chi connectivity index (χ4n) is 3.35. The number of carbonyl (C=O) groups excluding carboxylic acids is 2. The number of nitrogens with zero attached hydrogens (tertiary/aromatic N) is 1. The van der Waals surface area contributed by atoms with Gasteiger partial charge >= 0.3 is 0 Å². The Hall–Kier alpha value is -1.84. The van der Waals surface area contributed by atoms with Gasteiger partial charge < -0.3 is 10.2 Å². The third kappa shape index (κ3) is 4.83. The first-order valence-corrected chi connectivity index (χ1v) is 9.14. The number of nitrogens with one attached hydrogen (secondary N) is 1. The van der Waals surface area contributed by atoms with Crippen molar-refractivity contribution in [2.24, 2.45) is 11.8 Å². The van der Waals surface area contributed by atoms with E-state index in [1.807, 2.05) is 36.9 Å². The average Bonchev–Trinajstić information content (AvgIpc) is 2.62. The lowest BCUT2D eigenvalue weighted by Gasteiger charge is -2.33. The maximum Gasteiger partial charge on any atom is 0.225 e. The number of likely N-dealkylation sites (tertiary alicyclic amines) is 1. The van der Waals surface area contributed by atoms with E-state index in [0.29, 0.717) is 19.0 Å². The van der Waals surface area contributed by atoms with Crippen LogP contribution >= 0.6 is 0 Å². The molecule has 1 aromatic carbocycles. The van der Waals surface area contributed by atoms with Gasteiger partial charge in [0, 0.05) is 31.5 Å². The number of hydrogen-bond donors (Lipinski definition) is 1. The lowest BCUT2D eigenvalue weighted by molar-refractivity contribution is -0.138. The van der Waals surface area contributed by atoms with Gasteiger partial charge in [-0.1, -0.05) is 51.1 Å². The van der Waals surface area contributed by atoms with E-state index in [2.05, 4.69) is 24.4 Å². The van der Waals surface area contributed by atoms with Crippen LogP contribution in [0.3, 0.4) is 0 Å². The maximum absolute atomic E-state index is 12.5. The minimum absolute atomic E-state index is 0.00522. The summed E-state index contributed by atoms with van der Waals surface area (Å²) in [5.41, 5.74) is 1.26. The van der Waals surface area contributed by atoms with Crippen molar-refractivity contribution in [3.8, 4) is 0 Å². The highest BCUT2D eigenvalue weighted by Crippen LogP contribution is 2.21. The van der Waals surface area contributed by atoms with E-state index in [4.69, 9.17) is 0 Å². The molecule has 2 amide bonds. The molecule has 2 rings (SSSR count). The van der Waals surface area contributed by atoms with E-state index >= 15 is 0 Å². The van der Waals surface area contributed by atoms with Gasteiger partial charge in [0.15, 0.2) is 0 Å². The van der Waals surface area contributed by atoms with E-state index in [0.717, 1.165) is 25.8 Å². The Labute approximate surface area is 145 Å². The normalized spacial score (nSPS) is 19.2. The summed E-state index contributed by atoms with van der Waals surface area (Å²) in [4.78, 5) is 26.6. The van der Waals surface area contributed by atoms with Gasteiger partial charge in [-0.3, -0.25) is 9.59 Å². The van der Waals surface area contributed by atoms with Crippen LogP contribution in [0.5, 0.6) is 0 Å². The van der Waals surface area contributed by atoms with Crippen LogP contribution in [-0.2, 0) is 9.59 Å². The number of amides is 2. The molecule has 1 fully saturated rings. The van der Waals surface area contributed by atoms with Crippen LogP contribution < -0.4 is 5.32 Å². The average molecular weight is 330 g/mol. The van der Waals surface area contributed by atoms with Crippen molar-refractivity contribution in [1.29, 1.82) is 0 Å². The first kappa shape index (κ1) is 18.5. The van der Waals surface area contributed by atoms with Crippen molar-refractivity contribution < 1.29 is 9.59 Å². The molecule has 1 saturated heterocycles. The molecule has 1 aliphatic rings. The van der Waals surface area contributed by atoms with E-state index in [1.165, 1.54) is 5.56 Å². The van der Waals surface area contributed by atoms with E-state index in [-0.39, 0.29) is 23.7 Å². The molecule has 1 heterocycles. The molecule has 0 radical (unpaired) electrons. The molecule has 4 nitrogen and oxygen atoms in total. The summed E-state index contributed by atoms with van der Waals surface area (Å²) in [5, 5.41) is 3.11. The standard InChI is InChI=1S/C20H30N2O2/c1-4-16(17-9-6-5-7-10-17)13-21-19(23)18-11-8-12-22(14-18)20(24)15(2)3/h5-7,9-10,15-16,18H,4,8,11-14H2,1-3H3,(H,21,23)/t16-,18+/m1/s1. The molecule has 0 spiro atoms. The van der Waals surface area contributed by atoms with E-state index in [9.17, 15) is 9.59 Å². The largest absolute Gasteiger partial charge is 0.355 e. The van der Waals surface area contributed by atoms with Crippen molar-refractivity contribution >= 4 is 11.8 Å². The van der Waals surface area contributed by atoms with Gasteiger partial charge in [-0.05, 0) is 24.8 Å². The fourth-order valence-corrected chi connectivity index (χ4v) is 3.35. The highest BCUT2D eigenvalue weighted by molar-refractivity contribution is 5.82. The molecule has 24 heavy (non-hydrogen) atoms. The number of benzene rings is 1. The summed E-state index contributed by atoms with van der Waals surface area (Å²) in [6, 6.07) is 10.3. The molecule has 0 aromatic heterocycles. The van der Waals surface area contributed by atoms with Gasteiger partial charge in [0.1, 0.15) is 0 Å². The highest BCUT2D eigenvalue weighted by Gasteiger charge is 2.29. The van der Waals surface area contributed by atoms with Gasteiger partial charge in [0.05, 0.1) is 5.92 Å². The molecule has 1 aromatic rings. The predicted octanol–water partition coefficient (Wildman–Crippen LogP) is 3.19. The maximum atomic E-state index is 12.5. The Balaban J connectivity index is 1.88. The van der Waals surface area contributed by atoms with Crippen LogP contribution in [0.25, 0.3) is 0 Å². The zero-order valence-electron chi connectivity index (χ0n) is 15.1. The second-order valence-corrected chi connectivity index (χ2v) is 7.04. The van der Waals surface area contributed by atoms with E-state index < -0.39 is 0 Å². The van der Waals surface area contributed by atoms with Gasteiger partial charge in [-0.15, -0.1) is 0 Å². The second kappa shape index (κ2) is 8.86. The quantitative estimate of drug-likeness (QED) is 0.871. The molecule has 1 aliphatic heterocycles. The third-order valence-electron chi connectivity index (χ3n) is 4.88. The van der Waals surface area contributed by atoms with Crippen LogP contribution in [0.1, 0.15) is 51.5 Å². The number of hydrogen-bond acceptors (Lipinski definition) is 2. The molecule has 132 valence electrons. The number of carbonyl (C=O) groups is 2. The van der Waals surface area contributed by atoms with Crippen molar-refractivity contribution in [2.75, 3.05) is 19.6 Å². The first-order chi connectivity index (χ1) is 11.5. The van der Waals surface area contributed by atoms with Gasteiger partial charge in [-0.2, -0.15) is 0 Å². The summed E-state index contributed by atoms with van der Waals surface area (Å²) in [5.74, 6) is 0.505. The monoisotopic (exact) mass is 330 g/mol. The van der Waals surface area contributed by atoms with E-state index in [1.54, 1.807) is 0 Å². The summed E-state index contributed by atoms with van der Waals surface area (Å²) in [7, 11) is 0. The molecular weight excluding hydrogens is 300 g/mol. The lowest BCUT2D eigenvalue weighted by Crippen LogP contribution is -2.47. The van der Waals surface area contributed by atoms with Crippen LogP contribution in [0, 0.1) is 11.8 Å². The highest BCUT2D eigenvalue weighted by atomic mass is 16.2. The second-order valence-electron chi connectivity index (χ2n) is 7.04. The van der Waals surface area contributed by atoms with Gasteiger partial charge in [0.2, 0.25) is 11.8 Å². The van der Waals surface area contributed by atoms with Gasteiger partial charge in [0.25, 0.3) is 0 Å². The van der Waals surface area contributed by atoms with Crippen LogP contribution in [0.15, 0.2) is 30.3 Å². The molecule has 2 atom stereocenters. The molecule has 4 heteroatoms. The molecule has 0 unspecified atom stereocenters. The third-order valence-corrected chi connectivity index (χ3v) is 4.88. The van der Waals surface area contributed by atoms with Crippen LogP contribution in [0.4, 0.5) is 0 Å². The summed E-state index contributed by atoms with van der Waals surface area (Å²) < 4.78 is 0. The van der Waals surface area contributed by atoms with Gasteiger partial charge in [-0.25, -0.2) is 0 Å². The Kier molecular flexibility index (Phi) is 6.83. The number of rotatable bonds is 6. The van der Waals surface area contributed by atoms with Crippen LogP contribution in [-0.4, -0.2) is 36.3 Å².